The number of esters is 1. The largest absolute Gasteiger partial charge is 0.465 e. The van der Waals surface area contributed by atoms with Crippen molar-refractivity contribution in [1.82, 2.24) is 4.90 Å². The topological polar surface area (TPSA) is 29.5 Å². The summed E-state index contributed by atoms with van der Waals surface area (Å²) in [6.07, 6.45) is 12.1. The lowest BCUT2D eigenvalue weighted by Crippen LogP contribution is -2.25. The molecule has 3 heteroatoms. The van der Waals surface area contributed by atoms with Crippen molar-refractivity contribution in [2.75, 3.05) is 19.7 Å². The molecule has 3 nitrogen and oxygen atoms in total. The van der Waals surface area contributed by atoms with Gasteiger partial charge in [-0.1, -0.05) is 65.4 Å². The smallest absolute Gasteiger partial charge is 0.311 e. The van der Waals surface area contributed by atoms with E-state index in [0.29, 0.717) is 6.61 Å². The summed E-state index contributed by atoms with van der Waals surface area (Å²) in [5.74, 6) is -0.0226. The first-order chi connectivity index (χ1) is 10.7. The van der Waals surface area contributed by atoms with Gasteiger partial charge in [0.15, 0.2) is 0 Å². The van der Waals surface area contributed by atoms with Gasteiger partial charge in [0.1, 0.15) is 0 Å². The maximum absolute atomic E-state index is 12.0. The first kappa shape index (κ1) is 19.1. The van der Waals surface area contributed by atoms with Gasteiger partial charge in [-0.25, -0.2) is 0 Å². The van der Waals surface area contributed by atoms with Crippen LogP contribution in [0.3, 0.4) is 0 Å². The highest BCUT2D eigenvalue weighted by Crippen LogP contribution is 2.26. The Morgan fingerprint density at radius 2 is 1.73 bits per heavy atom. The molecular formula is C19H35NO2. The molecule has 0 aromatic heterocycles. The Bertz CT molecular complexity index is 327. The second kappa shape index (κ2) is 11.6. The summed E-state index contributed by atoms with van der Waals surface area (Å²) >= 11 is 0. The summed E-state index contributed by atoms with van der Waals surface area (Å²) in [5, 5.41) is 0. The minimum absolute atomic E-state index is 0.00825. The number of carbonyl (C=O) groups excluding carboxylic acids is 1. The molecule has 1 aliphatic rings. The molecule has 0 aliphatic carbocycles. The molecule has 1 unspecified atom stereocenters. The van der Waals surface area contributed by atoms with Crippen LogP contribution in [0.5, 0.6) is 0 Å². The number of unbranched alkanes of at least 4 members (excludes halogenated alkanes) is 7. The Kier molecular flexibility index (Phi) is 10.0. The molecule has 1 atom stereocenters. The molecule has 0 N–H and O–H groups in total. The molecule has 1 saturated heterocycles. The minimum Gasteiger partial charge on any atom is -0.465 e. The summed E-state index contributed by atoms with van der Waals surface area (Å²) in [6.45, 7) is 10.9. The Hall–Kier alpha value is -0.990. The first-order valence-corrected chi connectivity index (χ1v) is 9.28. The lowest BCUT2D eigenvalue weighted by molar-refractivity contribution is -0.148. The van der Waals surface area contributed by atoms with Gasteiger partial charge < -0.3 is 9.64 Å². The molecule has 0 bridgehead atoms. The number of likely N-dealkylation sites (tertiary alicyclic amines) is 1. The van der Waals surface area contributed by atoms with Gasteiger partial charge in [-0.2, -0.15) is 0 Å². The quantitative estimate of drug-likeness (QED) is 0.379. The van der Waals surface area contributed by atoms with E-state index in [4.69, 9.17) is 4.74 Å². The van der Waals surface area contributed by atoms with Gasteiger partial charge in [0.25, 0.3) is 0 Å². The van der Waals surface area contributed by atoms with Crippen LogP contribution in [0.1, 0.15) is 78.1 Å². The second-order valence-corrected chi connectivity index (χ2v) is 6.56. The van der Waals surface area contributed by atoms with Gasteiger partial charge in [-0.15, -0.1) is 0 Å². The van der Waals surface area contributed by atoms with Crippen LogP contribution < -0.4 is 0 Å². The maximum Gasteiger partial charge on any atom is 0.311 e. The van der Waals surface area contributed by atoms with Crippen molar-refractivity contribution in [1.29, 1.82) is 0 Å². The molecule has 0 saturated carbocycles. The van der Waals surface area contributed by atoms with Crippen molar-refractivity contribution in [2.45, 2.75) is 78.1 Å². The van der Waals surface area contributed by atoms with Crippen molar-refractivity contribution >= 4 is 5.97 Å². The van der Waals surface area contributed by atoms with E-state index in [1.165, 1.54) is 44.9 Å². The van der Waals surface area contributed by atoms with E-state index in [2.05, 4.69) is 25.3 Å². The average molecular weight is 309 g/mol. The second-order valence-electron chi connectivity index (χ2n) is 6.56. The average Bonchev–Trinajstić information content (AvgIpc) is 2.88. The minimum atomic E-state index is -0.0309. The van der Waals surface area contributed by atoms with Crippen LogP contribution in [0, 0.1) is 5.92 Å². The fraction of sp³-hybridized carbons (Fsp3) is 0.842. The van der Waals surface area contributed by atoms with Crippen LogP contribution in [-0.4, -0.2) is 30.6 Å². The first-order valence-electron chi connectivity index (χ1n) is 9.28. The molecule has 0 aromatic rings. The highest BCUT2D eigenvalue weighted by Gasteiger charge is 2.31. The number of hydrogen-bond donors (Lipinski definition) is 0. The molecule has 0 spiro atoms. The number of nitrogens with zero attached hydrogens (tertiary/aromatic N) is 1. The number of ether oxygens (including phenoxy) is 1. The molecule has 1 aliphatic heterocycles. The van der Waals surface area contributed by atoms with Crippen LogP contribution in [-0.2, 0) is 9.53 Å². The summed E-state index contributed by atoms with van der Waals surface area (Å²) < 4.78 is 5.34. The molecule has 128 valence electrons. The maximum atomic E-state index is 12.0. The Balaban J connectivity index is 2.13. The van der Waals surface area contributed by atoms with E-state index in [0.717, 1.165) is 38.0 Å². The summed E-state index contributed by atoms with van der Waals surface area (Å²) in [5.41, 5.74) is 1.11. The van der Waals surface area contributed by atoms with Crippen LogP contribution in [0.4, 0.5) is 0 Å². The van der Waals surface area contributed by atoms with Crippen LogP contribution >= 0.6 is 0 Å². The van der Waals surface area contributed by atoms with E-state index in [1.54, 1.807) is 0 Å². The predicted octanol–water partition coefficient (Wildman–Crippen LogP) is 4.92. The van der Waals surface area contributed by atoms with Crippen molar-refractivity contribution in [2.24, 2.45) is 5.92 Å². The summed E-state index contributed by atoms with van der Waals surface area (Å²) in [4.78, 5) is 14.3. The van der Waals surface area contributed by atoms with Crippen molar-refractivity contribution in [3.8, 4) is 0 Å². The zero-order valence-corrected chi connectivity index (χ0v) is 14.7. The lowest BCUT2D eigenvalue weighted by Gasteiger charge is -2.19. The molecule has 1 rings (SSSR count). The standard InChI is InChI=1S/C19H35NO2/c1-4-6-8-9-10-11-12-13-20-16-18(15-17(20)3)19(21)22-14-7-5-2/h18H,3-16H2,1-2H3. The van der Waals surface area contributed by atoms with Gasteiger partial charge in [-0.3, -0.25) is 4.79 Å². The molecule has 22 heavy (non-hydrogen) atoms. The SMILES string of the molecule is C=C1CC(C(=O)OCCCC)CN1CCCCCCCCC. The molecular weight excluding hydrogens is 274 g/mol. The van der Waals surface area contributed by atoms with Crippen molar-refractivity contribution < 1.29 is 9.53 Å². The summed E-state index contributed by atoms with van der Waals surface area (Å²) in [7, 11) is 0. The third kappa shape index (κ3) is 7.33. The summed E-state index contributed by atoms with van der Waals surface area (Å²) in [6, 6.07) is 0. The lowest BCUT2D eigenvalue weighted by atomic mass is 10.1. The monoisotopic (exact) mass is 309 g/mol. The van der Waals surface area contributed by atoms with Crippen LogP contribution in [0.2, 0.25) is 0 Å². The number of rotatable bonds is 12. The van der Waals surface area contributed by atoms with E-state index in [9.17, 15) is 4.79 Å². The van der Waals surface area contributed by atoms with Crippen LogP contribution in [0.25, 0.3) is 0 Å². The molecule has 0 radical (unpaired) electrons. The number of allylic oxidation sites excluding steroid dienone is 1. The van der Waals surface area contributed by atoms with E-state index in [1.807, 2.05) is 0 Å². The Morgan fingerprint density at radius 1 is 1.09 bits per heavy atom. The fourth-order valence-electron chi connectivity index (χ4n) is 2.98. The van der Waals surface area contributed by atoms with Gasteiger partial charge in [0.2, 0.25) is 0 Å². The van der Waals surface area contributed by atoms with Crippen molar-refractivity contribution in [3.05, 3.63) is 12.3 Å². The third-order valence-electron chi connectivity index (χ3n) is 4.48. The number of carbonyl (C=O) groups is 1. The van der Waals surface area contributed by atoms with Gasteiger partial charge in [0.05, 0.1) is 12.5 Å². The normalized spacial score (nSPS) is 18.0. The fourth-order valence-corrected chi connectivity index (χ4v) is 2.98. The zero-order valence-electron chi connectivity index (χ0n) is 14.7. The van der Waals surface area contributed by atoms with E-state index in [-0.39, 0.29) is 11.9 Å². The highest BCUT2D eigenvalue weighted by molar-refractivity contribution is 5.73. The zero-order chi connectivity index (χ0) is 16.2. The Labute approximate surface area is 137 Å². The van der Waals surface area contributed by atoms with Crippen molar-refractivity contribution in [3.63, 3.8) is 0 Å². The van der Waals surface area contributed by atoms with Gasteiger partial charge >= 0.3 is 5.97 Å². The predicted molar refractivity (Wildman–Crippen MR) is 92.7 cm³/mol. The van der Waals surface area contributed by atoms with E-state index >= 15 is 0 Å². The molecule has 0 aromatic carbocycles. The molecule has 0 amide bonds. The van der Waals surface area contributed by atoms with Gasteiger partial charge in [-0.05, 0) is 12.8 Å². The molecule has 1 fully saturated rings. The highest BCUT2D eigenvalue weighted by atomic mass is 16.5. The third-order valence-corrected chi connectivity index (χ3v) is 4.48. The molecule has 1 heterocycles. The van der Waals surface area contributed by atoms with Gasteiger partial charge in [0, 0.05) is 25.2 Å². The van der Waals surface area contributed by atoms with E-state index < -0.39 is 0 Å². The van der Waals surface area contributed by atoms with Crippen LogP contribution in [0.15, 0.2) is 12.3 Å². The Morgan fingerprint density at radius 3 is 2.41 bits per heavy atom. The number of hydrogen-bond acceptors (Lipinski definition) is 3.